The smallest absolute Gasteiger partial charge is 0.346 e. The normalized spacial score (nSPS) is 50.0. The Kier molecular flexibility index (Phi) is 19.1. The van der Waals surface area contributed by atoms with Gasteiger partial charge in [-0.3, -0.25) is 9.59 Å². The van der Waals surface area contributed by atoms with Crippen LogP contribution in [0.1, 0.15) is 147 Å². The van der Waals surface area contributed by atoms with Gasteiger partial charge >= 0.3 is 5.97 Å². The molecule has 18 heteroatoms. The van der Waals surface area contributed by atoms with Gasteiger partial charge in [0.25, 0.3) is 0 Å². The summed E-state index contributed by atoms with van der Waals surface area (Å²) in [5.74, 6) is -5.41. The number of rotatable bonds is 10. The Labute approximate surface area is 467 Å². The third-order valence-electron chi connectivity index (χ3n) is 20.4. The number of carbonyl (C=O) groups excluding carboxylic acids is 3. The lowest BCUT2D eigenvalue weighted by atomic mass is 9.47. The van der Waals surface area contributed by atoms with Crippen molar-refractivity contribution in [2.24, 2.45) is 58.2 Å². The second-order valence-corrected chi connectivity index (χ2v) is 25.5. The zero-order valence-electron chi connectivity index (χ0n) is 48.9. The largest absolute Gasteiger partial charge is 0.511 e. The monoisotopic (exact) mass is 1110 g/mol. The van der Waals surface area contributed by atoms with Crippen LogP contribution in [-0.2, 0) is 52.3 Å². The van der Waals surface area contributed by atoms with Crippen LogP contribution in [0.4, 0.5) is 0 Å². The van der Waals surface area contributed by atoms with Crippen molar-refractivity contribution in [3.63, 3.8) is 0 Å². The second kappa shape index (κ2) is 24.3. The number of carbonyl (C=O) groups is 3. The molecular formula is C61H94O18. The van der Waals surface area contributed by atoms with E-state index in [0.29, 0.717) is 32.1 Å². The molecule has 8 rings (SSSR count). The Bertz CT molecular complexity index is 2320. The van der Waals surface area contributed by atoms with Crippen molar-refractivity contribution in [1.29, 1.82) is 0 Å². The van der Waals surface area contributed by atoms with Gasteiger partial charge in [-0.2, -0.15) is 0 Å². The van der Waals surface area contributed by atoms with Crippen LogP contribution in [-0.4, -0.2) is 165 Å². The maximum Gasteiger partial charge on any atom is 0.346 e. The summed E-state index contributed by atoms with van der Waals surface area (Å²) in [7, 11) is 1.42. The molecule has 3 unspecified atom stereocenters. The van der Waals surface area contributed by atoms with Gasteiger partial charge in [-0.15, -0.1) is 0 Å². The highest BCUT2D eigenvalue weighted by Gasteiger charge is 2.67. The quantitative estimate of drug-likeness (QED) is 0.0724. The van der Waals surface area contributed by atoms with Gasteiger partial charge in [-0.05, 0) is 90.4 Å². The Hall–Kier alpha value is -2.95. The molecule has 18 nitrogen and oxygen atoms in total. The average molecular weight is 1120 g/mol. The Balaban J connectivity index is 1.10. The number of hydrogen-bond acceptors (Lipinski definition) is 18. The number of aliphatic hydroxyl groups excluding tert-OH is 7. The standard InChI is InChI=1S/C61H94O18/c1-14-38-21-37(27-62)19-30(5)51(76-45-24-43(66)52(35(10)74-45)78-58-50(68)54(72-13)53(36(11)75-58)77-44-23-42(65)49(67)34(9)73-44)28(3)17-16-18-59(12)25-31(6)32(7)26-61(59)56(70)46(57(71)79-61)55(69)60(15-2)47(38)29(4)20-39-41(64)22-40(63)33(8)48(39)60/h20-21,25,28,30,32-37,39,41-45,47-54,58,62,64-69H,14-19,22-24,26-27H2,1-13H3/b38-21+,55-46+/t28?,30-,32-,33?,34-,35-,36-,37-,39-,41+,42+,43+,44+,45+,47+,48-,49-,50+,51?,52-,53-,54+,58-,59-,60-,61-/m1/s1. The minimum atomic E-state index is -1.63. The molecule has 2 bridgehead atoms. The van der Waals surface area contributed by atoms with E-state index in [1.54, 1.807) is 20.8 Å². The van der Waals surface area contributed by atoms with Crippen LogP contribution in [0.25, 0.3) is 0 Å². The van der Waals surface area contributed by atoms with E-state index in [1.165, 1.54) is 7.11 Å². The maximum atomic E-state index is 15.7. The van der Waals surface area contributed by atoms with Gasteiger partial charge in [0.1, 0.15) is 47.6 Å². The molecule has 4 aliphatic heterocycles. The third kappa shape index (κ3) is 11.2. The first-order valence-corrected chi connectivity index (χ1v) is 29.5. The summed E-state index contributed by atoms with van der Waals surface area (Å²) in [4.78, 5) is 44.3. The molecular weight excluding hydrogens is 1020 g/mol. The minimum Gasteiger partial charge on any atom is -0.511 e. The second-order valence-electron chi connectivity index (χ2n) is 25.5. The highest BCUT2D eigenvalue weighted by atomic mass is 16.8. The molecule has 4 aliphatic carbocycles. The van der Waals surface area contributed by atoms with Gasteiger partial charge in [0.2, 0.25) is 5.78 Å². The molecule has 26 atom stereocenters. The van der Waals surface area contributed by atoms with Crippen LogP contribution < -0.4 is 0 Å². The molecule has 79 heavy (non-hydrogen) atoms. The fourth-order valence-electron chi connectivity index (χ4n) is 16.0. The first-order valence-electron chi connectivity index (χ1n) is 29.5. The fraction of sp³-hybridized carbons (Fsp3) is 0.820. The molecule has 0 aromatic rings. The summed E-state index contributed by atoms with van der Waals surface area (Å²) >= 11 is 0. The maximum absolute atomic E-state index is 15.7. The zero-order chi connectivity index (χ0) is 58.0. The fourth-order valence-corrected chi connectivity index (χ4v) is 16.0. The number of ether oxygens (including phenoxy) is 8. The number of esters is 1. The van der Waals surface area contributed by atoms with Crippen LogP contribution in [0.5, 0.6) is 0 Å². The van der Waals surface area contributed by atoms with Gasteiger partial charge in [0.05, 0.1) is 42.7 Å². The molecule has 7 N–H and O–H groups in total. The summed E-state index contributed by atoms with van der Waals surface area (Å²) in [6.45, 7) is 22.8. The number of fused-ring (bicyclic) bond motifs is 4. The topological polar surface area (TPSA) is 267 Å². The van der Waals surface area contributed by atoms with Gasteiger partial charge in [0, 0.05) is 73.9 Å². The van der Waals surface area contributed by atoms with E-state index < -0.39 is 150 Å². The molecule has 4 saturated heterocycles. The molecule has 0 aromatic heterocycles. The minimum absolute atomic E-state index is 0.00262. The number of hydrogen-bond donors (Lipinski definition) is 7. The summed E-state index contributed by atoms with van der Waals surface area (Å²) in [5, 5.41) is 80.4. The predicted molar refractivity (Wildman–Crippen MR) is 288 cm³/mol. The average Bonchev–Trinajstić information content (AvgIpc) is 3.97. The van der Waals surface area contributed by atoms with Crippen molar-refractivity contribution < 1.29 is 88.0 Å². The van der Waals surface area contributed by atoms with Crippen LogP contribution in [0.2, 0.25) is 0 Å². The van der Waals surface area contributed by atoms with E-state index in [2.05, 4.69) is 26.0 Å². The van der Waals surface area contributed by atoms with Gasteiger partial charge < -0.3 is 73.6 Å². The number of ketones is 2. The lowest BCUT2D eigenvalue weighted by molar-refractivity contribution is -0.360. The molecule has 0 aromatic carbocycles. The molecule has 0 radical (unpaired) electrons. The van der Waals surface area contributed by atoms with Crippen molar-refractivity contribution in [1.82, 2.24) is 0 Å². The van der Waals surface area contributed by atoms with E-state index in [1.807, 2.05) is 54.5 Å². The number of methoxy groups -OCH3 is 1. The van der Waals surface area contributed by atoms with Crippen LogP contribution >= 0.6 is 0 Å². The van der Waals surface area contributed by atoms with E-state index in [4.69, 9.17) is 37.9 Å². The lowest BCUT2D eigenvalue weighted by Crippen LogP contribution is -2.62. The number of allylic oxidation sites excluding steroid dienone is 4. The lowest BCUT2D eigenvalue weighted by Gasteiger charge is -2.56. The first-order chi connectivity index (χ1) is 37.2. The SMILES string of the molecule is CC/C1=C\[C@H](CO)C[C@@H](C)C(O[C@H]2C[C@H](O)[C@H](O[C@H]3O[C@H](C)[C@@H](O[C@H]4C[C@H](O)[C@H](O)[C@@H](C)O4)[C@@H](OC)[C@@H]3O)[C@@H](C)O2)C(C)CCC[C@]2(C)C=C(C)[C@H](C)C[C@]23OC(=O)/C(=C(/O)[C@@]2(CC)[C@@H]4C(C)C(=O)C[C@H](O)[C@H]4C=C(C)[C@@H]12)C3=O. The molecule has 4 heterocycles. The summed E-state index contributed by atoms with van der Waals surface area (Å²) < 4.78 is 50.3. The molecule has 5 fully saturated rings. The van der Waals surface area contributed by atoms with Gasteiger partial charge in [0.15, 0.2) is 24.5 Å². The first kappa shape index (κ1) is 62.1. The van der Waals surface area contributed by atoms with Crippen molar-refractivity contribution in [3.05, 3.63) is 46.3 Å². The number of Topliss-reactive ketones (excluding diaryl/α,β-unsaturated/α-hetero) is 2. The number of aliphatic hydroxyl groups is 7. The highest BCUT2D eigenvalue weighted by Crippen LogP contribution is 2.64. The summed E-state index contributed by atoms with van der Waals surface area (Å²) in [6.07, 6.45) is -4.99. The van der Waals surface area contributed by atoms with Crippen LogP contribution in [0.15, 0.2) is 46.3 Å². The molecule has 8 aliphatic rings. The Morgan fingerprint density at radius 1 is 0.734 bits per heavy atom. The van der Waals surface area contributed by atoms with E-state index in [-0.39, 0.29) is 73.6 Å². The van der Waals surface area contributed by atoms with Crippen molar-refractivity contribution in [2.75, 3.05) is 13.7 Å². The van der Waals surface area contributed by atoms with Crippen LogP contribution in [0.3, 0.4) is 0 Å². The molecule has 1 spiro atoms. The van der Waals surface area contributed by atoms with Crippen molar-refractivity contribution >= 4 is 17.5 Å². The molecule has 1 saturated carbocycles. The van der Waals surface area contributed by atoms with Crippen molar-refractivity contribution in [3.8, 4) is 0 Å². The zero-order valence-corrected chi connectivity index (χ0v) is 48.9. The summed E-state index contributed by atoms with van der Waals surface area (Å²) in [6, 6.07) is 0. The van der Waals surface area contributed by atoms with Gasteiger partial charge in [-0.1, -0.05) is 89.8 Å². The van der Waals surface area contributed by atoms with Gasteiger partial charge in [-0.25, -0.2) is 4.79 Å². The van der Waals surface area contributed by atoms with Crippen molar-refractivity contribution in [2.45, 2.75) is 245 Å². The van der Waals surface area contributed by atoms with E-state index in [0.717, 1.165) is 16.7 Å². The Morgan fingerprint density at radius 2 is 1.38 bits per heavy atom. The van der Waals surface area contributed by atoms with Crippen LogP contribution in [0, 0.1) is 58.2 Å². The Morgan fingerprint density at radius 3 is 2.00 bits per heavy atom. The van der Waals surface area contributed by atoms with E-state index in [9.17, 15) is 45.3 Å². The molecule has 0 amide bonds. The van der Waals surface area contributed by atoms with E-state index >= 15 is 4.79 Å². The highest BCUT2D eigenvalue weighted by molar-refractivity contribution is 6.26. The predicted octanol–water partition coefficient (Wildman–Crippen LogP) is 6.25. The third-order valence-corrected chi connectivity index (χ3v) is 20.4. The summed E-state index contributed by atoms with van der Waals surface area (Å²) in [5.41, 5.74) is -1.65. The molecule has 446 valence electrons.